The van der Waals surface area contributed by atoms with Gasteiger partial charge in [0.2, 0.25) is 0 Å². The highest BCUT2D eigenvalue weighted by atomic mass is 14.9. The molecule has 0 bridgehead atoms. The van der Waals surface area contributed by atoms with Gasteiger partial charge in [-0.25, -0.2) is 0 Å². The summed E-state index contributed by atoms with van der Waals surface area (Å²) in [4.78, 5) is 0. The summed E-state index contributed by atoms with van der Waals surface area (Å²) in [6.07, 6.45) is 4.99. The molecule has 17 heavy (non-hydrogen) atoms. The van der Waals surface area contributed by atoms with Crippen molar-refractivity contribution in [2.75, 3.05) is 26.7 Å². The minimum atomic E-state index is 0.780. The lowest BCUT2D eigenvalue weighted by Gasteiger charge is -2.23. The van der Waals surface area contributed by atoms with Crippen LogP contribution in [0.2, 0.25) is 0 Å². The van der Waals surface area contributed by atoms with Crippen molar-refractivity contribution in [2.24, 2.45) is 0 Å². The monoisotopic (exact) mass is 232 g/mol. The van der Waals surface area contributed by atoms with Gasteiger partial charge >= 0.3 is 0 Å². The molecule has 0 radical (unpaired) electrons. The molecule has 2 nitrogen and oxygen atoms in total. The molecule has 0 atom stereocenters. The Kier molecular flexibility index (Phi) is 5.02. The molecule has 0 unspecified atom stereocenters. The highest BCUT2D eigenvalue weighted by Crippen LogP contribution is 2.25. The Labute approximate surface area is 105 Å². The van der Waals surface area contributed by atoms with Gasteiger partial charge in [0, 0.05) is 0 Å². The largest absolute Gasteiger partial charge is 0.320 e. The third-order valence-electron chi connectivity index (χ3n) is 3.68. The number of rotatable bonds is 5. The number of benzene rings is 1. The van der Waals surface area contributed by atoms with E-state index in [1.54, 1.807) is 0 Å². The molecule has 0 aliphatic carbocycles. The predicted octanol–water partition coefficient (Wildman–Crippen LogP) is 2.31. The summed E-state index contributed by atoms with van der Waals surface area (Å²) in [6.45, 7) is 3.46. The molecule has 1 aliphatic heterocycles. The smallest absolute Gasteiger partial charge is 0.00431 e. The first-order valence-electron chi connectivity index (χ1n) is 6.84. The van der Waals surface area contributed by atoms with E-state index >= 15 is 0 Å². The number of nitrogens with one attached hydrogen (secondary N) is 2. The maximum atomic E-state index is 3.42. The van der Waals surface area contributed by atoms with Crippen molar-refractivity contribution in [2.45, 2.75) is 31.6 Å². The lowest BCUT2D eigenvalue weighted by molar-refractivity contribution is 0.460. The van der Waals surface area contributed by atoms with Crippen LogP contribution in [0, 0.1) is 0 Å². The number of aryl methyl sites for hydroxylation is 1. The van der Waals surface area contributed by atoms with Gasteiger partial charge in [0.25, 0.3) is 0 Å². The van der Waals surface area contributed by atoms with Crippen LogP contribution in [-0.2, 0) is 6.42 Å². The third-order valence-corrected chi connectivity index (χ3v) is 3.68. The standard InChI is InChI=1S/C15H24N2/c1-16-10-2-3-13-4-6-14(7-5-13)15-8-11-17-12-9-15/h4-7,15-17H,2-3,8-12H2,1H3. The minimum absolute atomic E-state index is 0.780. The van der Waals surface area contributed by atoms with Gasteiger partial charge in [0.1, 0.15) is 0 Å². The summed E-state index contributed by atoms with van der Waals surface area (Å²) in [7, 11) is 2.01. The molecule has 0 saturated carbocycles. The summed E-state index contributed by atoms with van der Waals surface area (Å²) in [5, 5.41) is 6.62. The van der Waals surface area contributed by atoms with Gasteiger partial charge in [0.15, 0.2) is 0 Å². The van der Waals surface area contributed by atoms with Crippen molar-refractivity contribution in [1.82, 2.24) is 10.6 Å². The van der Waals surface area contributed by atoms with E-state index < -0.39 is 0 Å². The SMILES string of the molecule is CNCCCc1ccc(C2CCNCC2)cc1. The first-order valence-corrected chi connectivity index (χ1v) is 6.84. The maximum absolute atomic E-state index is 3.42. The summed E-state index contributed by atoms with van der Waals surface area (Å²) in [5.41, 5.74) is 3.00. The topological polar surface area (TPSA) is 24.1 Å². The fraction of sp³-hybridized carbons (Fsp3) is 0.600. The molecule has 1 aromatic rings. The van der Waals surface area contributed by atoms with Gasteiger partial charge in [-0.15, -0.1) is 0 Å². The molecule has 1 fully saturated rings. The average Bonchev–Trinajstić information content (AvgIpc) is 2.41. The molecule has 0 aromatic heterocycles. The zero-order valence-electron chi connectivity index (χ0n) is 10.8. The van der Waals surface area contributed by atoms with E-state index in [0.29, 0.717) is 0 Å². The molecule has 2 rings (SSSR count). The lowest BCUT2D eigenvalue weighted by atomic mass is 9.89. The lowest BCUT2D eigenvalue weighted by Crippen LogP contribution is -2.26. The number of hydrogen-bond acceptors (Lipinski definition) is 2. The van der Waals surface area contributed by atoms with E-state index in [1.165, 1.54) is 49.9 Å². The first-order chi connectivity index (χ1) is 8.40. The molecule has 1 aromatic carbocycles. The Morgan fingerprint density at radius 2 is 1.88 bits per heavy atom. The Hall–Kier alpha value is -0.860. The van der Waals surface area contributed by atoms with Crippen molar-refractivity contribution >= 4 is 0 Å². The average molecular weight is 232 g/mol. The third kappa shape index (κ3) is 3.83. The maximum Gasteiger partial charge on any atom is -0.00431 e. The summed E-state index contributed by atoms with van der Waals surface area (Å²) < 4.78 is 0. The fourth-order valence-corrected chi connectivity index (χ4v) is 2.58. The highest BCUT2D eigenvalue weighted by molar-refractivity contribution is 5.26. The van der Waals surface area contributed by atoms with Crippen molar-refractivity contribution < 1.29 is 0 Å². The van der Waals surface area contributed by atoms with Crippen LogP contribution in [0.1, 0.15) is 36.3 Å². The van der Waals surface area contributed by atoms with Crippen LogP contribution in [0.5, 0.6) is 0 Å². The van der Waals surface area contributed by atoms with Crippen molar-refractivity contribution in [3.05, 3.63) is 35.4 Å². The summed E-state index contributed by atoms with van der Waals surface area (Å²) >= 11 is 0. The second-order valence-electron chi connectivity index (χ2n) is 4.97. The van der Waals surface area contributed by atoms with Crippen LogP contribution in [-0.4, -0.2) is 26.7 Å². The van der Waals surface area contributed by atoms with Gasteiger partial charge < -0.3 is 10.6 Å². The number of piperidine rings is 1. The number of hydrogen-bond donors (Lipinski definition) is 2. The molecular formula is C15H24N2. The van der Waals surface area contributed by atoms with Gasteiger partial charge in [0.05, 0.1) is 0 Å². The van der Waals surface area contributed by atoms with E-state index in [4.69, 9.17) is 0 Å². The fourth-order valence-electron chi connectivity index (χ4n) is 2.58. The van der Waals surface area contributed by atoms with Crippen LogP contribution in [0.3, 0.4) is 0 Å². The zero-order valence-corrected chi connectivity index (χ0v) is 10.8. The molecule has 0 spiro atoms. The molecule has 1 aliphatic rings. The molecule has 0 amide bonds. The van der Waals surface area contributed by atoms with E-state index in [-0.39, 0.29) is 0 Å². The van der Waals surface area contributed by atoms with Crippen LogP contribution >= 0.6 is 0 Å². The normalized spacial score (nSPS) is 17.2. The second-order valence-corrected chi connectivity index (χ2v) is 4.97. The zero-order chi connectivity index (χ0) is 11.9. The van der Waals surface area contributed by atoms with Crippen LogP contribution in [0.4, 0.5) is 0 Å². The molecule has 2 N–H and O–H groups in total. The highest BCUT2D eigenvalue weighted by Gasteiger charge is 2.14. The first kappa shape index (κ1) is 12.6. The van der Waals surface area contributed by atoms with Gasteiger partial charge in [-0.3, -0.25) is 0 Å². The van der Waals surface area contributed by atoms with E-state index in [1.807, 2.05) is 7.05 Å². The van der Waals surface area contributed by atoms with Gasteiger partial charge in [-0.05, 0) is 69.4 Å². The predicted molar refractivity (Wildman–Crippen MR) is 73.5 cm³/mol. The Morgan fingerprint density at radius 1 is 1.18 bits per heavy atom. The molecule has 2 heteroatoms. The Balaban J connectivity index is 1.88. The van der Waals surface area contributed by atoms with Gasteiger partial charge in [-0.1, -0.05) is 24.3 Å². The summed E-state index contributed by atoms with van der Waals surface area (Å²) in [6, 6.07) is 9.30. The Bertz CT molecular complexity index is 312. The van der Waals surface area contributed by atoms with Gasteiger partial charge in [-0.2, -0.15) is 0 Å². The second kappa shape index (κ2) is 6.77. The van der Waals surface area contributed by atoms with Crippen LogP contribution in [0.25, 0.3) is 0 Å². The van der Waals surface area contributed by atoms with E-state index in [9.17, 15) is 0 Å². The van der Waals surface area contributed by atoms with Crippen LogP contribution in [0.15, 0.2) is 24.3 Å². The molecule has 1 saturated heterocycles. The van der Waals surface area contributed by atoms with E-state index in [2.05, 4.69) is 34.9 Å². The minimum Gasteiger partial charge on any atom is -0.320 e. The quantitative estimate of drug-likeness (QED) is 0.761. The summed E-state index contributed by atoms with van der Waals surface area (Å²) in [5.74, 6) is 0.780. The molecule has 1 heterocycles. The van der Waals surface area contributed by atoms with E-state index in [0.717, 1.165) is 12.5 Å². The molecular weight excluding hydrogens is 208 g/mol. The van der Waals surface area contributed by atoms with Crippen molar-refractivity contribution in [1.29, 1.82) is 0 Å². The van der Waals surface area contributed by atoms with Crippen molar-refractivity contribution in [3.63, 3.8) is 0 Å². The van der Waals surface area contributed by atoms with Crippen molar-refractivity contribution in [3.8, 4) is 0 Å². The Morgan fingerprint density at radius 3 is 2.53 bits per heavy atom. The van der Waals surface area contributed by atoms with Crippen LogP contribution < -0.4 is 10.6 Å². The molecule has 94 valence electrons.